The zero-order chi connectivity index (χ0) is 13.4. The highest BCUT2D eigenvalue weighted by molar-refractivity contribution is 6.32. The number of rotatable bonds is 2. The van der Waals surface area contributed by atoms with E-state index in [0.29, 0.717) is 0 Å². The number of fused-ring (bicyclic) bond motifs is 1. The topological polar surface area (TPSA) is 17.8 Å². The van der Waals surface area contributed by atoms with Gasteiger partial charge in [-0.1, -0.05) is 35.3 Å². The van der Waals surface area contributed by atoms with Gasteiger partial charge in [-0.2, -0.15) is 5.10 Å². The van der Waals surface area contributed by atoms with Gasteiger partial charge in [-0.15, -0.1) is 0 Å². The third-order valence-electron chi connectivity index (χ3n) is 3.17. The van der Waals surface area contributed by atoms with Crippen molar-refractivity contribution < 1.29 is 0 Å². The molecule has 0 saturated carbocycles. The second-order valence-corrected chi connectivity index (χ2v) is 5.43. The van der Waals surface area contributed by atoms with E-state index < -0.39 is 0 Å². The molecule has 0 radical (unpaired) electrons. The maximum absolute atomic E-state index is 6.12. The molecular formula is C15H12Cl2N2. The van der Waals surface area contributed by atoms with Gasteiger partial charge >= 0.3 is 0 Å². The third-order valence-corrected chi connectivity index (χ3v) is 3.83. The minimum absolute atomic E-state index is 0.724. The molecule has 0 aliphatic carbocycles. The van der Waals surface area contributed by atoms with Gasteiger partial charge in [-0.05, 0) is 42.3 Å². The monoisotopic (exact) mass is 290 g/mol. The molecule has 1 aromatic heterocycles. The number of hydrogen-bond acceptors (Lipinski definition) is 1. The summed E-state index contributed by atoms with van der Waals surface area (Å²) < 4.78 is 1.97. The molecule has 0 saturated heterocycles. The normalized spacial score (nSPS) is 11.1. The van der Waals surface area contributed by atoms with Crippen LogP contribution in [0.3, 0.4) is 0 Å². The lowest BCUT2D eigenvalue weighted by atomic mass is 10.2. The summed E-state index contributed by atoms with van der Waals surface area (Å²) in [6.45, 7) is 2.73. The van der Waals surface area contributed by atoms with E-state index in [-0.39, 0.29) is 0 Å². The van der Waals surface area contributed by atoms with Gasteiger partial charge in [0.15, 0.2) is 0 Å². The first-order chi connectivity index (χ1) is 9.13. The molecule has 3 aromatic rings. The van der Waals surface area contributed by atoms with Crippen LogP contribution in [0.5, 0.6) is 0 Å². The van der Waals surface area contributed by atoms with Crippen molar-refractivity contribution in [2.45, 2.75) is 13.5 Å². The van der Waals surface area contributed by atoms with Crippen LogP contribution in [0, 0.1) is 6.92 Å². The van der Waals surface area contributed by atoms with Crippen molar-refractivity contribution in [3.05, 3.63) is 63.8 Å². The van der Waals surface area contributed by atoms with Crippen LogP contribution in [0.25, 0.3) is 10.9 Å². The molecule has 96 valence electrons. The molecule has 0 unspecified atom stereocenters. The van der Waals surface area contributed by atoms with Crippen LogP contribution < -0.4 is 0 Å². The predicted octanol–water partition coefficient (Wildman–Crippen LogP) is 4.70. The standard InChI is InChI=1S/C15H12Cl2N2/c1-10-6-15-12(7-14(10)17)8-18-19(15)9-11-2-4-13(16)5-3-11/h2-8H,9H2,1H3. The van der Waals surface area contributed by atoms with E-state index in [2.05, 4.69) is 11.2 Å². The Balaban J connectivity index is 2.01. The molecule has 4 heteroatoms. The van der Waals surface area contributed by atoms with Crippen LogP contribution in [0.4, 0.5) is 0 Å². The van der Waals surface area contributed by atoms with E-state index in [9.17, 15) is 0 Å². The predicted molar refractivity (Wildman–Crippen MR) is 80.0 cm³/mol. The quantitative estimate of drug-likeness (QED) is 0.669. The maximum Gasteiger partial charge on any atom is 0.0690 e. The van der Waals surface area contributed by atoms with Crippen molar-refractivity contribution in [2.24, 2.45) is 0 Å². The lowest BCUT2D eigenvalue weighted by molar-refractivity contribution is 0.712. The van der Waals surface area contributed by atoms with E-state index in [1.54, 1.807) is 0 Å². The average molecular weight is 291 g/mol. The molecule has 2 aromatic carbocycles. The first-order valence-electron chi connectivity index (χ1n) is 5.99. The smallest absolute Gasteiger partial charge is 0.0690 e. The van der Waals surface area contributed by atoms with E-state index in [0.717, 1.165) is 33.1 Å². The number of hydrogen-bond donors (Lipinski definition) is 0. The molecule has 1 heterocycles. The van der Waals surface area contributed by atoms with Gasteiger partial charge in [-0.25, -0.2) is 0 Å². The van der Waals surface area contributed by atoms with E-state index in [1.165, 1.54) is 5.56 Å². The summed E-state index contributed by atoms with van der Waals surface area (Å²) in [7, 11) is 0. The van der Waals surface area contributed by atoms with Crippen molar-refractivity contribution >= 4 is 34.1 Å². The number of aryl methyl sites for hydroxylation is 1. The molecular weight excluding hydrogens is 279 g/mol. The molecule has 0 spiro atoms. The van der Waals surface area contributed by atoms with Crippen LogP contribution in [0.1, 0.15) is 11.1 Å². The molecule has 0 atom stereocenters. The highest BCUT2D eigenvalue weighted by Gasteiger charge is 2.06. The van der Waals surface area contributed by atoms with Crippen molar-refractivity contribution in [2.75, 3.05) is 0 Å². The highest BCUT2D eigenvalue weighted by Crippen LogP contribution is 2.24. The Bertz CT molecular complexity index is 730. The number of benzene rings is 2. The zero-order valence-electron chi connectivity index (χ0n) is 10.4. The van der Waals surface area contributed by atoms with Crippen LogP contribution >= 0.6 is 23.2 Å². The lowest BCUT2D eigenvalue weighted by Crippen LogP contribution is -2.01. The first-order valence-corrected chi connectivity index (χ1v) is 6.75. The summed E-state index contributed by atoms with van der Waals surface area (Å²) >= 11 is 12.0. The Morgan fingerprint density at radius 3 is 2.58 bits per heavy atom. The van der Waals surface area contributed by atoms with Gasteiger partial charge in [-0.3, -0.25) is 4.68 Å². The van der Waals surface area contributed by atoms with Gasteiger partial charge in [0.05, 0.1) is 18.3 Å². The molecule has 0 N–H and O–H groups in total. The van der Waals surface area contributed by atoms with Crippen LogP contribution in [-0.4, -0.2) is 9.78 Å². The van der Waals surface area contributed by atoms with Crippen LogP contribution in [0.15, 0.2) is 42.6 Å². The lowest BCUT2D eigenvalue weighted by Gasteiger charge is -2.05. The Morgan fingerprint density at radius 2 is 1.84 bits per heavy atom. The van der Waals surface area contributed by atoms with Gasteiger partial charge in [0.1, 0.15) is 0 Å². The van der Waals surface area contributed by atoms with E-state index in [4.69, 9.17) is 23.2 Å². The number of halogens is 2. The summed E-state index contributed by atoms with van der Waals surface area (Å²) in [5.41, 5.74) is 3.32. The van der Waals surface area contributed by atoms with Gasteiger partial charge in [0.2, 0.25) is 0 Å². The van der Waals surface area contributed by atoms with Gasteiger partial charge < -0.3 is 0 Å². The number of aromatic nitrogens is 2. The second kappa shape index (κ2) is 4.87. The average Bonchev–Trinajstić information content (AvgIpc) is 2.76. The highest BCUT2D eigenvalue weighted by atomic mass is 35.5. The fourth-order valence-corrected chi connectivity index (χ4v) is 2.39. The van der Waals surface area contributed by atoms with Crippen LogP contribution in [-0.2, 0) is 6.54 Å². The first kappa shape index (κ1) is 12.5. The Hall–Kier alpha value is -1.51. The summed E-state index contributed by atoms with van der Waals surface area (Å²) in [6.07, 6.45) is 1.84. The number of nitrogens with zero attached hydrogens (tertiary/aromatic N) is 2. The fraction of sp³-hybridized carbons (Fsp3) is 0.133. The molecule has 3 rings (SSSR count). The molecule has 19 heavy (non-hydrogen) atoms. The van der Waals surface area contributed by atoms with E-state index in [1.807, 2.05) is 48.1 Å². The molecule has 2 nitrogen and oxygen atoms in total. The minimum atomic E-state index is 0.724. The maximum atomic E-state index is 6.12. The van der Waals surface area contributed by atoms with Crippen molar-refractivity contribution in [3.63, 3.8) is 0 Å². The van der Waals surface area contributed by atoms with Crippen molar-refractivity contribution in [3.8, 4) is 0 Å². The van der Waals surface area contributed by atoms with Gasteiger partial charge in [0.25, 0.3) is 0 Å². The summed E-state index contributed by atoms with van der Waals surface area (Å²) in [4.78, 5) is 0. The Kier molecular flexibility index (Phi) is 3.21. The van der Waals surface area contributed by atoms with Crippen molar-refractivity contribution in [1.82, 2.24) is 9.78 Å². The van der Waals surface area contributed by atoms with Crippen LogP contribution in [0.2, 0.25) is 10.0 Å². The summed E-state index contributed by atoms with van der Waals surface area (Å²) in [6, 6.07) is 11.8. The second-order valence-electron chi connectivity index (χ2n) is 4.59. The van der Waals surface area contributed by atoms with Crippen molar-refractivity contribution in [1.29, 1.82) is 0 Å². The molecule has 0 aliphatic rings. The summed E-state index contributed by atoms with van der Waals surface area (Å²) in [5, 5.41) is 7.00. The van der Waals surface area contributed by atoms with Gasteiger partial charge in [0, 0.05) is 15.4 Å². The fourth-order valence-electron chi connectivity index (χ4n) is 2.09. The largest absolute Gasteiger partial charge is 0.260 e. The molecule has 0 bridgehead atoms. The minimum Gasteiger partial charge on any atom is -0.260 e. The SMILES string of the molecule is Cc1cc2c(cnn2Cc2ccc(Cl)cc2)cc1Cl. The zero-order valence-corrected chi connectivity index (χ0v) is 11.9. The Labute approximate surface area is 121 Å². The van der Waals surface area contributed by atoms with E-state index >= 15 is 0 Å². The summed E-state index contributed by atoms with van der Waals surface area (Å²) in [5.74, 6) is 0. The third kappa shape index (κ3) is 2.46. The Morgan fingerprint density at radius 1 is 1.11 bits per heavy atom. The molecule has 0 fully saturated rings. The molecule has 0 aliphatic heterocycles. The molecule has 0 amide bonds.